The zero-order chi connectivity index (χ0) is 15.4. The van der Waals surface area contributed by atoms with E-state index in [1.807, 2.05) is 12.3 Å². The van der Waals surface area contributed by atoms with Gasteiger partial charge in [-0.15, -0.1) is 11.3 Å². The highest BCUT2D eigenvalue weighted by Crippen LogP contribution is 2.29. The summed E-state index contributed by atoms with van der Waals surface area (Å²) in [5, 5.41) is 5.31. The first-order valence-corrected chi connectivity index (χ1v) is 7.15. The van der Waals surface area contributed by atoms with Crippen LogP contribution in [0.5, 0.6) is 5.75 Å². The maximum Gasteiger partial charge on any atom is 0.387 e. The predicted octanol–water partition coefficient (Wildman–Crippen LogP) is 3.89. The van der Waals surface area contributed by atoms with Crippen molar-refractivity contribution in [1.82, 2.24) is 4.98 Å². The molecule has 1 aromatic carbocycles. The summed E-state index contributed by atoms with van der Waals surface area (Å²) in [5.41, 5.74) is 1.08. The lowest BCUT2D eigenvalue weighted by atomic mass is 10.2. The number of alkyl halides is 2. The zero-order valence-corrected chi connectivity index (χ0v) is 12.5. The van der Waals surface area contributed by atoms with Crippen LogP contribution in [0, 0.1) is 6.92 Å². The minimum atomic E-state index is -2.95. The van der Waals surface area contributed by atoms with Crippen LogP contribution in [-0.2, 0) is 11.2 Å². The van der Waals surface area contributed by atoms with E-state index in [-0.39, 0.29) is 23.1 Å². The van der Waals surface area contributed by atoms with E-state index in [2.05, 4.69) is 15.0 Å². The number of carbonyl (C=O) groups is 1. The molecule has 0 saturated heterocycles. The van der Waals surface area contributed by atoms with Gasteiger partial charge in [-0.1, -0.05) is 11.6 Å². The van der Waals surface area contributed by atoms with Crippen LogP contribution in [0.15, 0.2) is 23.6 Å². The summed E-state index contributed by atoms with van der Waals surface area (Å²) in [6.45, 7) is -1.09. The van der Waals surface area contributed by atoms with Gasteiger partial charge in [-0.25, -0.2) is 4.98 Å². The number of hydrogen-bond donors (Lipinski definition) is 1. The highest BCUT2D eigenvalue weighted by molar-refractivity contribution is 7.09. The van der Waals surface area contributed by atoms with E-state index >= 15 is 0 Å². The van der Waals surface area contributed by atoms with Crippen molar-refractivity contribution < 1.29 is 18.3 Å². The van der Waals surface area contributed by atoms with Gasteiger partial charge in [-0.3, -0.25) is 4.79 Å². The van der Waals surface area contributed by atoms with Crippen molar-refractivity contribution in [3.8, 4) is 5.75 Å². The van der Waals surface area contributed by atoms with E-state index < -0.39 is 6.61 Å². The lowest BCUT2D eigenvalue weighted by Gasteiger charge is -2.09. The number of aryl methyl sites for hydroxylation is 1. The monoisotopic (exact) mass is 332 g/mol. The topological polar surface area (TPSA) is 51.2 Å². The molecule has 21 heavy (non-hydrogen) atoms. The summed E-state index contributed by atoms with van der Waals surface area (Å²) in [6.07, 6.45) is 0.136. The van der Waals surface area contributed by atoms with Gasteiger partial charge in [0, 0.05) is 11.1 Å². The van der Waals surface area contributed by atoms with Crippen molar-refractivity contribution >= 4 is 34.5 Å². The Kier molecular flexibility index (Phi) is 5.08. The number of anilines is 1. The normalized spacial score (nSPS) is 10.7. The van der Waals surface area contributed by atoms with Gasteiger partial charge in [0.2, 0.25) is 5.91 Å². The number of amides is 1. The average Bonchev–Trinajstić information content (AvgIpc) is 2.77. The Morgan fingerprint density at radius 2 is 2.29 bits per heavy atom. The van der Waals surface area contributed by atoms with Gasteiger partial charge in [0.15, 0.2) is 0 Å². The number of benzene rings is 1. The highest BCUT2D eigenvalue weighted by atomic mass is 35.5. The summed E-state index contributed by atoms with van der Waals surface area (Å²) in [5.74, 6) is -0.404. The largest absolute Gasteiger partial charge is 0.433 e. The molecule has 0 radical (unpaired) electrons. The molecule has 112 valence electrons. The van der Waals surface area contributed by atoms with Crippen LogP contribution in [0.1, 0.15) is 10.7 Å². The first kappa shape index (κ1) is 15.7. The predicted molar refractivity (Wildman–Crippen MR) is 77.3 cm³/mol. The highest BCUT2D eigenvalue weighted by Gasteiger charge is 2.11. The first-order chi connectivity index (χ1) is 9.94. The summed E-state index contributed by atoms with van der Waals surface area (Å²) in [4.78, 5) is 16.0. The van der Waals surface area contributed by atoms with Crippen molar-refractivity contribution in [1.29, 1.82) is 0 Å². The van der Waals surface area contributed by atoms with Gasteiger partial charge in [0.25, 0.3) is 0 Å². The van der Waals surface area contributed by atoms with Crippen LogP contribution < -0.4 is 10.1 Å². The molecule has 0 fully saturated rings. The molecule has 1 amide bonds. The Labute approximate surface area is 128 Å². The standard InChI is InChI=1S/C13H11ClF2N2O2S/c1-7-17-9(6-21-7)5-12(19)18-8-2-3-11(10(14)4-8)20-13(15)16/h2-4,6,13H,5H2,1H3,(H,18,19). The molecule has 0 spiro atoms. The van der Waals surface area contributed by atoms with Crippen molar-refractivity contribution in [3.63, 3.8) is 0 Å². The van der Waals surface area contributed by atoms with E-state index in [1.54, 1.807) is 0 Å². The van der Waals surface area contributed by atoms with Gasteiger partial charge >= 0.3 is 6.61 Å². The molecule has 8 heteroatoms. The number of thiazole rings is 1. The molecule has 1 aromatic heterocycles. The van der Waals surface area contributed by atoms with Gasteiger partial charge in [0.05, 0.1) is 22.1 Å². The van der Waals surface area contributed by atoms with Gasteiger partial charge in [-0.05, 0) is 25.1 Å². The van der Waals surface area contributed by atoms with E-state index in [4.69, 9.17) is 11.6 Å². The van der Waals surface area contributed by atoms with E-state index in [1.165, 1.54) is 29.5 Å². The number of halogens is 3. The molecule has 2 aromatic rings. The van der Waals surface area contributed by atoms with Crippen molar-refractivity contribution in [2.24, 2.45) is 0 Å². The average molecular weight is 333 g/mol. The van der Waals surface area contributed by atoms with Crippen molar-refractivity contribution in [2.75, 3.05) is 5.32 Å². The Bertz CT molecular complexity index is 649. The molecule has 2 rings (SSSR count). The van der Waals surface area contributed by atoms with Crippen LogP contribution in [0.25, 0.3) is 0 Å². The molecular formula is C13H11ClF2N2O2S. The van der Waals surface area contributed by atoms with Crippen molar-refractivity contribution in [3.05, 3.63) is 39.3 Å². The second kappa shape index (κ2) is 6.82. The maximum atomic E-state index is 12.1. The van der Waals surface area contributed by atoms with Crippen LogP contribution in [-0.4, -0.2) is 17.5 Å². The third kappa shape index (κ3) is 4.64. The molecule has 0 aliphatic heterocycles. The molecule has 0 unspecified atom stereocenters. The first-order valence-electron chi connectivity index (χ1n) is 5.89. The van der Waals surface area contributed by atoms with Gasteiger partial charge < -0.3 is 10.1 Å². The minimum Gasteiger partial charge on any atom is -0.433 e. The molecule has 1 N–H and O–H groups in total. The molecule has 0 atom stereocenters. The maximum absolute atomic E-state index is 12.1. The Hall–Kier alpha value is -1.73. The van der Waals surface area contributed by atoms with E-state index in [9.17, 15) is 13.6 Å². The number of rotatable bonds is 5. The third-order valence-electron chi connectivity index (χ3n) is 2.44. The fourth-order valence-corrected chi connectivity index (χ4v) is 2.47. The van der Waals surface area contributed by atoms with Crippen LogP contribution in [0.4, 0.5) is 14.5 Å². The fourth-order valence-electron chi connectivity index (χ4n) is 1.63. The second-order valence-electron chi connectivity index (χ2n) is 4.11. The second-order valence-corrected chi connectivity index (χ2v) is 5.58. The van der Waals surface area contributed by atoms with Crippen LogP contribution in [0.2, 0.25) is 5.02 Å². The molecule has 0 bridgehead atoms. The zero-order valence-electron chi connectivity index (χ0n) is 10.9. The van der Waals surface area contributed by atoms with E-state index in [0.717, 1.165) is 5.01 Å². The van der Waals surface area contributed by atoms with E-state index in [0.29, 0.717) is 11.4 Å². The summed E-state index contributed by atoms with van der Waals surface area (Å²) in [6, 6.07) is 4.06. The Morgan fingerprint density at radius 1 is 1.52 bits per heavy atom. The Morgan fingerprint density at radius 3 is 2.86 bits per heavy atom. The quantitative estimate of drug-likeness (QED) is 0.903. The summed E-state index contributed by atoms with van der Waals surface area (Å²) < 4.78 is 28.4. The number of nitrogens with zero attached hydrogens (tertiary/aromatic N) is 1. The van der Waals surface area contributed by atoms with Crippen LogP contribution >= 0.6 is 22.9 Å². The molecule has 1 heterocycles. The third-order valence-corrected chi connectivity index (χ3v) is 3.56. The SMILES string of the molecule is Cc1nc(CC(=O)Nc2ccc(OC(F)F)c(Cl)c2)cs1. The molecule has 0 saturated carbocycles. The fraction of sp³-hybridized carbons (Fsp3) is 0.231. The lowest BCUT2D eigenvalue weighted by molar-refractivity contribution is -0.115. The molecular weight excluding hydrogens is 322 g/mol. The Balaban J connectivity index is 1.99. The minimum absolute atomic E-state index is 0.00222. The smallest absolute Gasteiger partial charge is 0.387 e. The molecule has 0 aliphatic rings. The summed E-state index contributed by atoms with van der Waals surface area (Å²) >= 11 is 7.26. The van der Waals surface area contributed by atoms with Gasteiger partial charge in [0.1, 0.15) is 5.75 Å². The molecule has 0 aliphatic carbocycles. The number of carbonyl (C=O) groups excluding carboxylic acids is 1. The number of nitrogens with one attached hydrogen (secondary N) is 1. The number of ether oxygens (including phenoxy) is 1. The van der Waals surface area contributed by atoms with Gasteiger partial charge in [-0.2, -0.15) is 8.78 Å². The summed E-state index contributed by atoms with van der Waals surface area (Å²) in [7, 11) is 0. The number of hydrogen-bond acceptors (Lipinski definition) is 4. The van der Waals surface area contributed by atoms with Crippen molar-refractivity contribution in [2.45, 2.75) is 20.0 Å². The molecule has 4 nitrogen and oxygen atoms in total. The lowest BCUT2D eigenvalue weighted by Crippen LogP contribution is -2.14. The van der Waals surface area contributed by atoms with Crippen LogP contribution in [0.3, 0.4) is 0 Å². The number of aromatic nitrogens is 1.